The number of ether oxygens (including phenoxy) is 1. The second kappa shape index (κ2) is 11.6. The van der Waals surface area contributed by atoms with Gasteiger partial charge in [-0.05, 0) is 44.8 Å². The van der Waals surface area contributed by atoms with Crippen molar-refractivity contribution in [2.75, 3.05) is 60.0 Å². The van der Waals surface area contributed by atoms with Gasteiger partial charge >= 0.3 is 6.18 Å². The summed E-state index contributed by atoms with van der Waals surface area (Å²) in [5, 5.41) is 27.2. The number of hydrogen-bond acceptors (Lipinski definition) is 9. The molecule has 0 saturated carbocycles. The van der Waals surface area contributed by atoms with Crippen LogP contribution in [0.15, 0.2) is 24.3 Å². The highest BCUT2D eigenvalue weighted by Crippen LogP contribution is 2.39. The zero-order valence-corrected chi connectivity index (χ0v) is 21.6. The van der Waals surface area contributed by atoms with E-state index in [9.17, 15) is 23.5 Å². The van der Waals surface area contributed by atoms with Crippen LogP contribution in [0.1, 0.15) is 17.7 Å². The van der Waals surface area contributed by atoms with Crippen molar-refractivity contribution in [3.63, 3.8) is 0 Å². The van der Waals surface area contributed by atoms with E-state index < -0.39 is 18.0 Å². The third-order valence-electron chi connectivity index (χ3n) is 6.65. The average Bonchev–Trinajstić information content (AvgIpc) is 3.27. The van der Waals surface area contributed by atoms with Crippen LogP contribution in [0.25, 0.3) is 22.3 Å². The molecule has 1 N–H and O–H groups in total. The lowest BCUT2D eigenvalue weighted by molar-refractivity contribution is -0.138. The summed E-state index contributed by atoms with van der Waals surface area (Å²) < 4.78 is 48.8. The highest BCUT2D eigenvalue weighted by Gasteiger charge is 2.35. The van der Waals surface area contributed by atoms with Gasteiger partial charge in [-0.25, -0.2) is 9.67 Å². The lowest BCUT2D eigenvalue weighted by atomic mass is 10.1. The molecule has 1 atom stereocenters. The van der Waals surface area contributed by atoms with Gasteiger partial charge < -0.3 is 14.7 Å². The van der Waals surface area contributed by atoms with Crippen LogP contribution in [0.4, 0.5) is 13.2 Å². The van der Waals surface area contributed by atoms with E-state index in [1.165, 1.54) is 16.8 Å². The number of aliphatic hydroxyl groups excluding tert-OH is 1. The molecule has 1 saturated heterocycles. The van der Waals surface area contributed by atoms with E-state index in [1.54, 1.807) is 18.0 Å². The lowest BCUT2D eigenvalue weighted by Gasteiger charge is -2.36. The first kappa shape index (κ1) is 27.7. The van der Waals surface area contributed by atoms with Gasteiger partial charge in [0.15, 0.2) is 5.69 Å². The number of rotatable bonds is 9. The fraction of sp³-hybridized carbons (Fsp3) is 0.520. The number of aromatic nitrogens is 4. The van der Waals surface area contributed by atoms with Crippen molar-refractivity contribution >= 4 is 11.0 Å². The molecule has 1 aromatic carbocycles. The summed E-state index contributed by atoms with van der Waals surface area (Å²) in [6.07, 6.45) is -4.56. The predicted molar refractivity (Wildman–Crippen MR) is 134 cm³/mol. The topological polar surface area (TPSA) is 107 Å². The van der Waals surface area contributed by atoms with Gasteiger partial charge in [0.1, 0.15) is 23.6 Å². The first-order chi connectivity index (χ1) is 18.1. The first-order valence-electron chi connectivity index (χ1n) is 12.3. The quantitative estimate of drug-likeness (QED) is 0.328. The number of nitrogens with zero attached hydrogens (tertiary/aromatic N) is 8. The number of hydrogen-bond donors (Lipinski definition) is 1. The normalized spacial score (nSPS) is 16.2. The maximum Gasteiger partial charge on any atom is 0.419 e. The van der Waals surface area contributed by atoms with Crippen molar-refractivity contribution in [3.05, 3.63) is 35.5 Å². The Balaban J connectivity index is 1.38. The van der Waals surface area contributed by atoms with Crippen LogP contribution >= 0.6 is 0 Å². The molecule has 0 aliphatic carbocycles. The third-order valence-corrected chi connectivity index (χ3v) is 6.65. The van der Waals surface area contributed by atoms with Gasteiger partial charge in [-0.15, -0.1) is 5.10 Å². The van der Waals surface area contributed by atoms with Gasteiger partial charge in [-0.2, -0.15) is 18.4 Å². The molecule has 1 aliphatic rings. The number of fused-ring (bicyclic) bond motifs is 1. The van der Waals surface area contributed by atoms with Gasteiger partial charge in [0, 0.05) is 51.9 Å². The van der Waals surface area contributed by atoms with Crippen LogP contribution in [0.2, 0.25) is 0 Å². The van der Waals surface area contributed by atoms with Crippen molar-refractivity contribution in [1.29, 1.82) is 5.26 Å². The number of benzene rings is 1. The summed E-state index contributed by atoms with van der Waals surface area (Å²) in [4.78, 5) is 10.4. The number of aryl methyl sites for hydroxylation is 1. The molecule has 38 heavy (non-hydrogen) atoms. The summed E-state index contributed by atoms with van der Waals surface area (Å²) >= 11 is 0. The summed E-state index contributed by atoms with van der Waals surface area (Å²) in [7, 11) is 5.30. The molecule has 4 rings (SSSR count). The zero-order valence-electron chi connectivity index (χ0n) is 21.6. The fourth-order valence-electron chi connectivity index (χ4n) is 4.35. The van der Waals surface area contributed by atoms with E-state index in [0.29, 0.717) is 30.5 Å². The van der Waals surface area contributed by atoms with Crippen LogP contribution in [0.5, 0.6) is 5.75 Å². The molecule has 13 heteroatoms. The van der Waals surface area contributed by atoms with Gasteiger partial charge in [-0.1, -0.05) is 5.21 Å². The van der Waals surface area contributed by atoms with Crippen molar-refractivity contribution in [2.24, 2.45) is 7.05 Å². The number of likely N-dealkylation sites (N-methyl/N-ethyl adjacent to an activating group) is 1. The summed E-state index contributed by atoms with van der Waals surface area (Å²) in [5.41, 5.74) is 0.313. The highest BCUT2D eigenvalue weighted by atomic mass is 19.4. The smallest absolute Gasteiger partial charge is 0.419 e. The Hall–Kier alpha value is -3.31. The molecule has 204 valence electrons. The molecular weight excluding hydrogens is 501 g/mol. The van der Waals surface area contributed by atoms with Crippen molar-refractivity contribution in [1.82, 2.24) is 34.7 Å². The zero-order chi connectivity index (χ0) is 27.4. The molecule has 2 aromatic heterocycles. The maximum atomic E-state index is 13.9. The van der Waals surface area contributed by atoms with Crippen LogP contribution in [0.3, 0.4) is 0 Å². The molecule has 0 bridgehead atoms. The van der Waals surface area contributed by atoms with Crippen molar-refractivity contribution in [3.8, 4) is 23.1 Å². The van der Waals surface area contributed by atoms with Gasteiger partial charge in [0.2, 0.25) is 0 Å². The number of β-amino-alcohol motifs (C(OH)–C–C–N with tert-alkyl or cyclic N) is 1. The molecule has 1 aliphatic heterocycles. The van der Waals surface area contributed by atoms with Crippen LogP contribution in [0, 0.1) is 11.3 Å². The van der Waals surface area contributed by atoms with Gasteiger partial charge in [0.25, 0.3) is 0 Å². The Kier molecular flexibility index (Phi) is 8.47. The van der Waals surface area contributed by atoms with Crippen molar-refractivity contribution in [2.45, 2.75) is 18.8 Å². The number of pyridine rings is 1. The minimum atomic E-state index is -4.63. The number of halogens is 3. The largest absolute Gasteiger partial charge is 0.493 e. The Morgan fingerprint density at radius 1 is 1.16 bits per heavy atom. The third kappa shape index (κ3) is 6.39. The molecule has 1 unspecified atom stereocenters. The monoisotopic (exact) mass is 532 g/mol. The Morgan fingerprint density at radius 3 is 2.53 bits per heavy atom. The van der Waals surface area contributed by atoms with Gasteiger partial charge in [-0.3, -0.25) is 9.80 Å². The van der Waals surface area contributed by atoms with Crippen LogP contribution in [-0.4, -0.2) is 106 Å². The molecule has 0 radical (unpaired) electrons. The van der Waals surface area contributed by atoms with E-state index in [1.807, 2.05) is 20.2 Å². The van der Waals surface area contributed by atoms with E-state index in [0.717, 1.165) is 32.2 Å². The molecule has 3 aromatic rings. The van der Waals surface area contributed by atoms with E-state index >= 15 is 0 Å². The Morgan fingerprint density at radius 2 is 1.87 bits per heavy atom. The Labute approximate surface area is 218 Å². The number of aliphatic hydroxyl groups is 1. The maximum absolute atomic E-state index is 13.9. The number of nitriles is 1. The van der Waals surface area contributed by atoms with Gasteiger partial charge in [0.05, 0.1) is 23.4 Å². The first-order valence-corrected chi connectivity index (χ1v) is 12.3. The summed E-state index contributed by atoms with van der Waals surface area (Å²) in [5.74, 6) is -0.243. The van der Waals surface area contributed by atoms with Crippen LogP contribution < -0.4 is 4.74 Å². The second-order valence-electron chi connectivity index (χ2n) is 9.55. The van der Waals surface area contributed by atoms with Crippen LogP contribution in [-0.2, 0) is 13.2 Å². The van der Waals surface area contributed by atoms with E-state index in [-0.39, 0.29) is 29.3 Å². The standard InChI is InChI=1S/C25H31F3N8O2/c1-33(2)23(37)16-36-10-8-35(9-11-36)7-4-12-38-22-6-5-17(13-18(22)25(26,27)28)19-14-21-24(20(15-29)30-19)31-32-34(21)3/h5-6,13-14,23,37H,4,7-12,16H2,1-3H3. The highest BCUT2D eigenvalue weighted by molar-refractivity contribution is 5.83. The minimum Gasteiger partial charge on any atom is -0.493 e. The molecule has 10 nitrogen and oxygen atoms in total. The Bertz CT molecular complexity index is 1300. The summed E-state index contributed by atoms with van der Waals surface area (Å²) in [6, 6.07) is 7.29. The lowest BCUT2D eigenvalue weighted by Crippen LogP contribution is -2.50. The van der Waals surface area contributed by atoms with E-state index in [4.69, 9.17) is 4.74 Å². The van der Waals surface area contributed by atoms with E-state index in [2.05, 4.69) is 25.1 Å². The van der Waals surface area contributed by atoms with Crippen molar-refractivity contribution < 1.29 is 23.0 Å². The molecule has 0 amide bonds. The predicted octanol–water partition coefficient (Wildman–Crippen LogP) is 2.19. The fourth-order valence-corrected chi connectivity index (χ4v) is 4.35. The SMILES string of the molecule is CN(C)C(O)CN1CCN(CCCOc2ccc(-c3cc4c(nnn4C)c(C#N)n3)cc2C(F)(F)F)CC1. The average molecular weight is 533 g/mol. The summed E-state index contributed by atoms with van der Waals surface area (Å²) in [6.45, 7) is 4.75. The molecule has 1 fully saturated rings. The molecule has 0 spiro atoms. The molecular formula is C25H31F3N8O2. The minimum absolute atomic E-state index is 0.00537. The number of piperazine rings is 1. The second-order valence-corrected chi connectivity index (χ2v) is 9.55. The number of alkyl halides is 3. The molecule has 3 heterocycles.